The van der Waals surface area contributed by atoms with Crippen LogP contribution < -0.4 is 15.2 Å². The first-order valence-electron chi connectivity index (χ1n) is 14.5. The second kappa shape index (κ2) is 13.2. The second-order valence-electron chi connectivity index (χ2n) is 11.0. The molecule has 3 heterocycles. The summed E-state index contributed by atoms with van der Waals surface area (Å²) in [6.45, 7) is 5.77. The van der Waals surface area contributed by atoms with Gasteiger partial charge in [-0.1, -0.05) is 24.3 Å². The monoisotopic (exact) mass is 572 g/mol. The van der Waals surface area contributed by atoms with Crippen LogP contribution >= 0.6 is 0 Å². The van der Waals surface area contributed by atoms with Gasteiger partial charge in [0.1, 0.15) is 23.5 Å². The lowest BCUT2D eigenvalue weighted by Gasteiger charge is -2.41. The Bertz CT molecular complexity index is 1490. The SMILES string of the molecule is CC(=O)O.COc1cc(-c2cn(C3CCC(N4CCN(C)CC4)CC3)c3ncnc(N)c23)ccc1Oc1ccccc1. The maximum atomic E-state index is 9.00. The number of nitrogen functional groups attached to an aromatic ring is 1. The van der Waals surface area contributed by atoms with Gasteiger partial charge in [0.05, 0.1) is 12.5 Å². The van der Waals surface area contributed by atoms with Gasteiger partial charge in [0, 0.05) is 56.9 Å². The maximum Gasteiger partial charge on any atom is 0.300 e. The standard InChI is InChI=1S/C30H36N6O2.C2H4O2/c1-34-14-16-35(17-15-34)22-9-11-23(12-10-22)36-19-25(28-29(31)32-20-33-30(28)36)21-8-13-26(27(18-21)37-2)38-24-6-4-3-5-7-24;1-2(3)4/h3-8,13,18-20,22-23H,9-12,14-17H2,1-2H3,(H2,31,32,33);1H3,(H,3,4). The molecule has 0 bridgehead atoms. The number of aromatic nitrogens is 3. The molecule has 10 nitrogen and oxygen atoms in total. The highest BCUT2D eigenvalue weighted by Crippen LogP contribution is 2.41. The van der Waals surface area contributed by atoms with Crippen LogP contribution in [0.3, 0.4) is 0 Å². The Kier molecular flexibility index (Phi) is 9.24. The van der Waals surface area contributed by atoms with Crippen molar-refractivity contribution in [1.29, 1.82) is 0 Å². The summed E-state index contributed by atoms with van der Waals surface area (Å²) in [6.07, 6.45) is 8.48. The quantitative estimate of drug-likeness (QED) is 0.317. The number of anilines is 1. The summed E-state index contributed by atoms with van der Waals surface area (Å²) in [6, 6.07) is 16.8. The third-order valence-electron chi connectivity index (χ3n) is 8.20. The smallest absolute Gasteiger partial charge is 0.300 e. The Balaban J connectivity index is 0.000000830. The van der Waals surface area contributed by atoms with Crippen LogP contribution in [0.15, 0.2) is 61.1 Å². The number of para-hydroxylation sites is 1. The summed E-state index contributed by atoms with van der Waals surface area (Å²) in [5.74, 6) is 1.76. The number of piperazine rings is 1. The maximum absolute atomic E-state index is 9.00. The van der Waals surface area contributed by atoms with E-state index in [-0.39, 0.29) is 0 Å². The van der Waals surface area contributed by atoms with E-state index in [1.54, 1.807) is 13.4 Å². The zero-order valence-corrected chi connectivity index (χ0v) is 24.6. The normalized spacial score (nSPS) is 19.6. The van der Waals surface area contributed by atoms with Gasteiger partial charge in [0.2, 0.25) is 0 Å². The predicted octanol–water partition coefficient (Wildman–Crippen LogP) is 5.30. The summed E-state index contributed by atoms with van der Waals surface area (Å²) in [5, 5.41) is 8.31. The highest BCUT2D eigenvalue weighted by atomic mass is 16.5. The molecule has 6 rings (SSSR count). The Morgan fingerprint density at radius 1 is 0.952 bits per heavy atom. The summed E-state index contributed by atoms with van der Waals surface area (Å²) in [7, 11) is 3.88. The summed E-state index contributed by atoms with van der Waals surface area (Å²) in [4.78, 5) is 23.2. The lowest BCUT2D eigenvalue weighted by molar-refractivity contribution is -0.134. The Labute approximate surface area is 246 Å². The van der Waals surface area contributed by atoms with Crippen LogP contribution in [-0.2, 0) is 4.79 Å². The number of nitrogens with zero attached hydrogens (tertiary/aromatic N) is 5. The average molecular weight is 573 g/mol. The fourth-order valence-corrected chi connectivity index (χ4v) is 6.03. The number of fused-ring (bicyclic) bond motifs is 1. The zero-order valence-electron chi connectivity index (χ0n) is 24.6. The molecule has 0 spiro atoms. The van der Waals surface area contributed by atoms with Crippen molar-refractivity contribution >= 4 is 22.8 Å². The molecule has 10 heteroatoms. The van der Waals surface area contributed by atoms with E-state index in [0.717, 1.165) is 47.7 Å². The molecule has 2 aromatic heterocycles. The molecule has 4 aromatic rings. The van der Waals surface area contributed by atoms with E-state index >= 15 is 0 Å². The van der Waals surface area contributed by atoms with Crippen molar-refractivity contribution in [2.24, 2.45) is 0 Å². The number of hydrogen-bond acceptors (Lipinski definition) is 8. The number of aliphatic carboxylic acids is 1. The highest BCUT2D eigenvalue weighted by molar-refractivity contribution is 6.01. The third kappa shape index (κ3) is 6.66. The van der Waals surface area contributed by atoms with Crippen LogP contribution in [0.5, 0.6) is 17.2 Å². The largest absolute Gasteiger partial charge is 0.493 e. The number of nitrogens with two attached hydrogens (primary N) is 1. The summed E-state index contributed by atoms with van der Waals surface area (Å²) < 4.78 is 14.1. The van der Waals surface area contributed by atoms with Crippen molar-refractivity contribution in [2.75, 3.05) is 46.1 Å². The van der Waals surface area contributed by atoms with Crippen LogP contribution in [0.25, 0.3) is 22.2 Å². The first kappa shape index (κ1) is 29.3. The molecule has 222 valence electrons. The number of carboxylic acid groups (broad SMARTS) is 1. The van der Waals surface area contributed by atoms with Gasteiger partial charge in [0.15, 0.2) is 11.5 Å². The van der Waals surface area contributed by atoms with E-state index in [9.17, 15) is 0 Å². The topological polar surface area (TPSA) is 119 Å². The molecule has 0 atom stereocenters. The van der Waals surface area contributed by atoms with E-state index in [4.69, 9.17) is 30.1 Å². The fraction of sp³-hybridized carbons (Fsp3) is 0.406. The number of carboxylic acids is 1. The van der Waals surface area contributed by atoms with E-state index < -0.39 is 5.97 Å². The predicted molar refractivity (Wildman–Crippen MR) is 164 cm³/mol. The van der Waals surface area contributed by atoms with Gasteiger partial charge < -0.3 is 29.8 Å². The van der Waals surface area contributed by atoms with E-state index in [2.05, 4.69) is 38.7 Å². The molecule has 42 heavy (non-hydrogen) atoms. The fourth-order valence-electron chi connectivity index (χ4n) is 6.03. The molecule has 1 aliphatic carbocycles. The zero-order chi connectivity index (χ0) is 29.6. The van der Waals surface area contributed by atoms with Crippen molar-refractivity contribution in [1.82, 2.24) is 24.3 Å². The molecule has 2 aliphatic rings. The van der Waals surface area contributed by atoms with Crippen LogP contribution in [0, 0.1) is 0 Å². The number of methoxy groups -OCH3 is 1. The van der Waals surface area contributed by atoms with Gasteiger partial charge in [-0.3, -0.25) is 9.69 Å². The molecule has 3 N–H and O–H groups in total. The molecule has 0 radical (unpaired) electrons. The number of likely N-dealkylation sites (N-methyl/N-ethyl adjacent to an activating group) is 1. The first-order valence-corrected chi connectivity index (χ1v) is 14.5. The van der Waals surface area contributed by atoms with E-state index in [0.29, 0.717) is 29.4 Å². The van der Waals surface area contributed by atoms with Crippen molar-refractivity contribution in [3.63, 3.8) is 0 Å². The highest BCUT2D eigenvalue weighted by Gasteiger charge is 2.30. The molecule has 1 aliphatic heterocycles. The molecule has 0 amide bonds. The number of ether oxygens (including phenoxy) is 2. The summed E-state index contributed by atoms with van der Waals surface area (Å²) in [5.41, 5.74) is 9.36. The van der Waals surface area contributed by atoms with Crippen LogP contribution in [0.2, 0.25) is 0 Å². The number of carbonyl (C=O) groups is 1. The minimum atomic E-state index is -0.833. The van der Waals surface area contributed by atoms with Crippen molar-refractivity contribution in [3.05, 3.63) is 61.1 Å². The first-order chi connectivity index (χ1) is 20.3. The van der Waals surface area contributed by atoms with Gasteiger partial charge >= 0.3 is 0 Å². The minimum Gasteiger partial charge on any atom is -0.493 e. The third-order valence-corrected chi connectivity index (χ3v) is 8.20. The molecular formula is C32H40N6O4. The summed E-state index contributed by atoms with van der Waals surface area (Å²) >= 11 is 0. The number of hydrogen-bond donors (Lipinski definition) is 2. The van der Waals surface area contributed by atoms with Crippen LogP contribution in [0.1, 0.15) is 38.6 Å². The lowest BCUT2D eigenvalue weighted by Crippen LogP contribution is -2.49. The van der Waals surface area contributed by atoms with Gasteiger partial charge in [0.25, 0.3) is 5.97 Å². The van der Waals surface area contributed by atoms with Crippen LogP contribution in [-0.4, -0.2) is 81.8 Å². The molecular weight excluding hydrogens is 532 g/mol. The molecule has 1 saturated carbocycles. The Morgan fingerprint density at radius 3 is 2.29 bits per heavy atom. The molecule has 2 fully saturated rings. The van der Waals surface area contributed by atoms with Gasteiger partial charge in [-0.25, -0.2) is 9.97 Å². The number of benzene rings is 2. The van der Waals surface area contributed by atoms with E-state index in [1.807, 2.05) is 42.5 Å². The lowest BCUT2D eigenvalue weighted by atomic mass is 9.89. The number of rotatable bonds is 6. The van der Waals surface area contributed by atoms with Crippen molar-refractivity contribution in [3.8, 4) is 28.4 Å². The van der Waals surface area contributed by atoms with Crippen molar-refractivity contribution in [2.45, 2.75) is 44.7 Å². The minimum absolute atomic E-state index is 0.395. The van der Waals surface area contributed by atoms with Gasteiger partial charge in [-0.15, -0.1) is 0 Å². The Morgan fingerprint density at radius 2 is 1.62 bits per heavy atom. The average Bonchev–Trinajstić information content (AvgIpc) is 3.39. The molecule has 0 unspecified atom stereocenters. The molecule has 1 saturated heterocycles. The Hall–Kier alpha value is -4.15. The van der Waals surface area contributed by atoms with E-state index in [1.165, 1.54) is 39.0 Å². The van der Waals surface area contributed by atoms with Gasteiger partial charge in [-0.2, -0.15) is 0 Å². The molecule has 2 aromatic carbocycles. The van der Waals surface area contributed by atoms with Gasteiger partial charge in [-0.05, 0) is 62.6 Å². The second-order valence-corrected chi connectivity index (χ2v) is 11.0. The van der Waals surface area contributed by atoms with Crippen LogP contribution in [0.4, 0.5) is 5.82 Å². The van der Waals surface area contributed by atoms with Crippen molar-refractivity contribution < 1.29 is 19.4 Å².